The molecule has 0 spiro atoms. The van der Waals surface area contributed by atoms with E-state index >= 15 is 0 Å². The molecule has 0 aliphatic carbocycles. The van der Waals surface area contributed by atoms with Crippen LogP contribution in [-0.2, 0) is 29.7 Å². The number of hydrazine groups is 1. The lowest BCUT2D eigenvalue weighted by Gasteiger charge is -2.32. The van der Waals surface area contributed by atoms with Gasteiger partial charge in [0, 0.05) is 44.8 Å². The van der Waals surface area contributed by atoms with Gasteiger partial charge in [-0.2, -0.15) is 5.10 Å². The Morgan fingerprint density at radius 1 is 1.08 bits per heavy atom. The first-order chi connectivity index (χ1) is 17.7. The van der Waals surface area contributed by atoms with Crippen molar-refractivity contribution in [1.29, 1.82) is 0 Å². The van der Waals surface area contributed by atoms with Gasteiger partial charge >= 0.3 is 0 Å². The number of hydrogen-bond acceptors (Lipinski definition) is 5. The minimum absolute atomic E-state index is 0. The molecule has 2 heterocycles. The summed E-state index contributed by atoms with van der Waals surface area (Å²) in [5.41, 5.74) is 5.58. The Kier molecular flexibility index (Phi) is 9.49. The van der Waals surface area contributed by atoms with Gasteiger partial charge < -0.3 is 10.2 Å². The van der Waals surface area contributed by atoms with Crippen molar-refractivity contribution < 1.29 is 14.0 Å². The number of rotatable bonds is 10. The van der Waals surface area contributed by atoms with Gasteiger partial charge in [0.2, 0.25) is 5.91 Å². The van der Waals surface area contributed by atoms with E-state index in [-0.39, 0.29) is 38.1 Å². The Labute approximate surface area is 225 Å². The number of carbonyl (C=O) groups excluding carboxylic acids is 2. The van der Waals surface area contributed by atoms with E-state index < -0.39 is 0 Å². The molecular weight excluding hydrogens is 483 g/mol. The number of benzene rings is 2. The van der Waals surface area contributed by atoms with Crippen molar-refractivity contribution in [2.75, 3.05) is 31.6 Å². The number of fused-ring (bicyclic) bond motifs is 2. The number of aryl methyl sites for hydroxylation is 3. The summed E-state index contributed by atoms with van der Waals surface area (Å²) in [4.78, 5) is 28.2. The van der Waals surface area contributed by atoms with Crippen molar-refractivity contribution in [1.82, 2.24) is 25.1 Å². The summed E-state index contributed by atoms with van der Waals surface area (Å²) in [5, 5.41) is 12.1. The second-order valence-electron chi connectivity index (χ2n) is 9.93. The molecule has 0 saturated heterocycles. The summed E-state index contributed by atoms with van der Waals surface area (Å²) in [6.07, 6.45) is 3.07. The third-order valence-corrected chi connectivity index (χ3v) is 7.12. The lowest BCUT2D eigenvalue weighted by molar-refractivity contribution is -0.145. The second kappa shape index (κ2) is 12.4. The number of nitrogens with one attached hydrogen (secondary N) is 1. The van der Waals surface area contributed by atoms with E-state index in [9.17, 15) is 14.0 Å². The van der Waals surface area contributed by atoms with Gasteiger partial charge in [0.05, 0.1) is 24.3 Å². The van der Waals surface area contributed by atoms with E-state index in [1.165, 1.54) is 12.1 Å². The summed E-state index contributed by atoms with van der Waals surface area (Å²) >= 11 is 0. The zero-order valence-corrected chi connectivity index (χ0v) is 22.5. The molecule has 0 unspecified atom stereocenters. The van der Waals surface area contributed by atoms with E-state index in [4.69, 9.17) is 0 Å². The number of halogens is 1. The third kappa shape index (κ3) is 6.32. The number of anilines is 1. The molecular formula is C29H41FN6O2. The van der Waals surface area contributed by atoms with Crippen molar-refractivity contribution in [3.8, 4) is 0 Å². The lowest BCUT2D eigenvalue weighted by Crippen LogP contribution is -2.48. The number of hydrogen-bond donors (Lipinski definition) is 1. The van der Waals surface area contributed by atoms with Gasteiger partial charge in [-0.25, -0.2) is 9.40 Å². The Hall–Kier alpha value is -3.46. The summed E-state index contributed by atoms with van der Waals surface area (Å²) in [6.45, 7) is 7.82. The smallest absolute Gasteiger partial charge is 0.256 e. The number of amides is 2. The molecule has 0 saturated carbocycles. The molecule has 9 heteroatoms. The van der Waals surface area contributed by atoms with E-state index in [2.05, 4.69) is 23.4 Å². The monoisotopic (exact) mass is 524 g/mol. The molecule has 1 N–H and O–H groups in total. The lowest BCUT2D eigenvalue weighted by atomic mass is 10.1. The molecule has 2 amide bonds. The molecule has 38 heavy (non-hydrogen) atoms. The fourth-order valence-electron chi connectivity index (χ4n) is 4.96. The highest BCUT2D eigenvalue weighted by molar-refractivity contribution is 5.91. The molecule has 206 valence electrons. The van der Waals surface area contributed by atoms with Crippen LogP contribution in [0.3, 0.4) is 0 Å². The zero-order chi connectivity index (χ0) is 26.7. The summed E-state index contributed by atoms with van der Waals surface area (Å²) < 4.78 is 15.5. The predicted molar refractivity (Wildman–Crippen MR) is 150 cm³/mol. The topological polar surface area (TPSA) is 73.7 Å². The van der Waals surface area contributed by atoms with Gasteiger partial charge in [0.1, 0.15) is 5.82 Å². The Morgan fingerprint density at radius 2 is 1.82 bits per heavy atom. The summed E-state index contributed by atoms with van der Waals surface area (Å²) in [7, 11) is 3.63. The molecule has 0 fully saturated rings. The fraction of sp³-hybridized carbons (Fsp3) is 0.483. The fourth-order valence-corrected chi connectivity index (χ4v) is 4.96. The Balaban J connectivity index is 0.00000400. The van der Waals surface area contributed by atoms with Crippen LogP contribution in [0.5, 0.6) is 0 Å². The number of nitrogens with zero attached hydrogens (tertiary/aromatic N) is 5. The molecule has 1 aromatic heterocycles. The van der Waals surface area contributed by atoms with E-state index in [0.29, 0.717) is 19.6 Å². The highest BCUT2D eigenvalue weighted by atomic mass is 19.1. The number of unbranched alkanes of at least 4 members (excludes halogenated alkanes) is 2. The second-order valence-corrected chi connectivity index (χ2v) is 9.93. The predicted octanol–water partition coefficient (Wildman–Crippen LogP) is 4.47. The van der Waals surface area contributed by atoms with E-state index in [1.54, 1.807) is 18.1 Å². The number of aromatic nitrogens is 2. The molecule has 0 atom stereocenters. The highest BCUT2D eigenvalue weighted by Gasteiger charge is 2.27. The van der Waals surface area contributed by atoms with Gasteiger partial charge in [0.15, 0.2) is 0 Å². The van der Waals surface area contributed by atoms with Gasteiger partial charge in [-0.05, 0) is 61.2 Å². The third-order valence-electron chi connectivity index (χ3n) is 7.12. The van der Waals surface area contributed by atoms with E-state index in [0.717, 1.165) is 58.2 Å². The van der Waals surface area contributed by atoms with Crippen molar-refractivity contribution in [3.05, 3.63) is 58.5 Å². The molecule has 2 aromatic carbocycles. The first kappa shape index (κ1) is 29.1. The van der Waals surface area contributed by atoms with Gasteiger partial charge in [-0.1, -0.05) is 33.3 Å². The molecule has 1 aliphatic heterocycles. The standard InChI is InChI=1S/C28H37FN6O2.CH4/c1-6-7-8-11-30-27(36)17-34(25-14-26-24(12-19(25)2)20(3)31-32(26)4)18-28(37)33(5)35-15-21-9-10-23(29)13-22(21)16-35;/h9-10,12-14H,6-8,11,15-18H2,1-5H3,(H,30,36);1H4. The van der Waals surface area contributed by atoms with E-state index in [1.807, 2.05) is 41.6 Å². The SMILES string of the molecule is C.CCCCCNC(=O)CN(CC(=O)N(C)N1Cc2ccc(F)cc2C1)c1cc2c(cc1C)c(C)nn2C. The minimum atomic E-state index is -0.276. The van der Waals surface area contributed by atoms with Crippen LogP contribution in [0.15, 0.2) is 30.3 Å². The summed E-state index contributed by atoms with van der Waals surface area (Å²) in [5.74, 6) is -0.536. The van der Waals surface area contributed by atoms with Crippen molar-refractivity contribution in [2.45, 2.75) is 60.5 Å². The van der Waals surface area contributed by atoms with Crippen molar-refractivity contribution in [3.63, 3.8) is 0 Å². The maximum absolute atomic E-state index is 13.7. The Bertz CT molecular complexity index is 1300. The Morgan fingerprint density at radius 3 is 2.55 bits per heavy atom. The molecule has 0 bridgehead atoms. The number of likely N-dealkylation sites (N-methyl/N-ethyl adjacent to an activating group) is 1. The van der Waals surface area contributed by atoms with Gasteiger partial charge in [0.25, 0.3) is 5.91 Å². The van der Waals surface area contributed by atoms with Gasteiger partial charge in [-0.15, -0.1) is 0 Å². The summed E-state index contributed by atoms with van der Waals surface area (Å²) in [6, 6.07) is 8.82. The largest absolute Gasteiger partial charge is 0.355 e. The first-order valence-corrected chi connectivity index (χ1v) is 12.9. The van der Waals surface area contributed by atoms with Crippen LogP contribution >= 0.6 is 0 Å². The minimum Gasteiger partial charge on any atom is -0.355 e. The molecule has 0 radical (unpaired) electrons. The van der Waals surface area contributed by atoms with Crippen LogP contribution in [0.4, 0.5) is 10.1 Å². The van der Waals surface area contributed by atoms with Crippen molar-refractivity contribution in [2.24, 2.45) is 7.05 Å². The van der Waals surface area contributed by atoms with Crippen LogP contribution in [0.2, 0.25) is 0 Å². The van der Waals surface area contributed by atoms with Crippen molar-refractivity contribution >= 4 is 28.4 Å². The molecule has 8 nitrogen and oxygen atoms in total. The van der Waals surface area contributed by atoms with Crippen LogP contribution in [-0.4, -0.2) is 58.3 Å². The highest BCUT2D eigenvalue weighted by Crippen LogP contribution is 2.29. The van der Waals surface area contributed by atoms with Crippen LogP contribution < -0.4 is 10.2 Å². The molecule has 3 aromatic rings. The normalized spacial score (nSPS) is 12.8. The molecule has 1 aliphatic rings. The first-order valence-electron chi connectivity index (χ1n) is 12.9. The molecule has 4 rings (SSSR count). The van der Waals surface area contributed by atoms with Gasteiger partial charge in [-0.3, -0.25) is 19.3 Å². The van der Waals surface area contributed by atoms with Crippen LogP contribution in [0.1, 0.15) is 56.0 Å². The maximum Gasteiger partial charge on any atom is 0.256 e. The zero-order valence-electron chi connectivity index (χ0n) is 22.5. The quantitative estimate of drug-likeness (QED) is 0.396. The maximum atomic E-state index is 13.7. The van der Waals surface area contributed by atoms with Crippen LogP contribution in [0.25, 0.3) is 10.9 Å². The number of carbonyl (C=O) groups is 2. The van der Waals surface area contributed by atoms with Crippen LogP contribution in [0, 0.1) is 19.7 Å². The average Bonchev–Trinajstić information content (AvgIpc) is 3.40. The average molecular weight is 525 g/mol.